The normalized spacial score (nSPS) is 27.9. The number of nitrogens with zero attached hydrogens (tertiary/aromatic N) is 3. The van der Waals surface area contributed by atoms with Crippen LogP contribution in [-0.2, 0) is 29.5 Å². The summed E-state index contributed by atoms with van der Waals surface area (Å²) >= 11 is 0. The number of piperidine rings is 2. The van der Waals surface area contributed by atoms with E-state index >= 15 is 0 Å². The fourth-order valence-electron chi connectivity index (χ4n) is 3.73. The van der Waals surface area contributed by atoms with Crippen molar-refractivity contribution in [2.75, 3.05) is 25.9 Å². The maximum Gasteiger partial charge on any atom is 0.418 e. The van der Waals surface area contributed by atoms with Gasteiger partial charge in [-0.1, -0.05) is 0 Å². The number of carbonyl (C=O) groups is 2. The number of carbonyl (C=O) groups excluding carboxylic acids is 2. The van der Waals surface area contributed by atoms with Crippen molar-refractivity contribution >= 4 is 32.4 Å². The molecule has 3 aliphatic heterocycles. The van der Waals surface area contributed by atoms with Gasteiger partial charge in [0.2, 0.25) is 15.9 Å². The molecule has 3 aliphatic rings. The van der Waals surface area contributed by atoms with Crippen molar-refractivity contribution in [3.8, 4) is 0 Å². The Morgan fingerprint density at radius 3 is 2.33 bits per heavy atom. The molecule has 14 heteroatoms. The fourth-order valence-corrected chi connectivity index (χ4v) is 5.00. The van der Waals surface area contributed by atoms with Gasteiger partial charge in [-0.2, -0.15) is 13.5 Å². The zero-order valence-corrected chi connectivity index (χ0v) is 16.3. The fraction of sp³-hybridized carbons (Fsp3) is 0.846. The molecule has 0 aromatic heterocycles. The number of amides is 3. The van der Waals surface area contributed by atoms with Crippen LogP contribution < -0.4 is 5.32 Å². The second-order valence-electron chi connectivity index (χ2n) is 6.95. The highest BCUT2D eigenvalue weighted by atomic mass is 32.3. The summed E-state index contributed by atoms with van der Waals surface area (Å²) in [5.41, 5.74) is 0. The lowest BCUT2D eigenvalue weighted by atomic mass is 9.99. The molecule has 2 bridgehead atoms. The highest BCUT2D eigenvalue weighted by Gasteiger charge is 2.49. The van der Waals surface area contributed by atoms with E-state index in [1.54, 1.807) is 0 Å². The van der Waals surface area contributed by atoms with Crippen LogP contribution in [0.1, 0.15) is 25.7 Å². The van der Waals surface area contributed by atoms with Gasteiger partial charge in [0.05, 0.1) is 12.3 Å². The van der Waals surface area contributed by atoms with Gasteiger partial charge in [-0.05, 0) is 25.7 Å². The Morgan fingerprint density at radius 1 is 1.15 bits per heavy atom. The van der Waals surface area contributed by atoms with Crippen LogP contribution in [0.25, 0.3) is 0 Å². The Hall–Kier alpha value is -1.48. The van der Waals surface area contributed by atoms with E-state index in [4.69, 9.17) is 4.55 Å². The van der Waals surface area contributed by atoms with Crippen LogP contribution in [0.2, 0.25) is 0 Å². The highest BCUT2D eigenvalue weighted by Crippen LogP contribution is 2.31. The Labute approximate surface area is 157 Å². The molecule has 2 N–H and O–H groups in total. The average Bonchev–Trinajstić information content (AvgIpc) is 2.78. The van der Waals surface area contributed by atoms with Gasteiger partial charge in [0.15, 0.2) is 0 Å². The van der Waals surface area contributed by atoms with Crippen molar-refractivity contribution in [3.63, 3.8) is 0 Å². The Balaban J connectivity index is 1.58. The molecule has 154 valence electrons. The molecule has 3 heterocycles. The van der Waals surface area contributed by atoms with Crippen LogP contribution in [0, 0.1) is 0 Å². The predicted molar refractivity (Wildman–Crippen MR) is 91.0 cm³/mol. The van der Waals surface area contributed by atoms with Gasteiger partial charge >= 0.3 is 16.4 Å². The van der Waals surface area contributed by atoms with E-state index < -0.39 is 38.5 Å². The highest BCUT2D eigenvalue weighted by molar-refractivity contribution is 7.88. The number of urea groups is 1. The van der Waals surface area contributed by atoms with Crippen LogP contribution in [0.3, 0.4) is 0 Å². The summed E-state index contributed by atoms with van der Waals surface area (Å²) in [4.78, 5) is 26.2. The first kappa shape index (κ1) is 20.3. The number of hydroxylamine groups is 2. The van der Waals surface area contributed by atoms with Crippen molar-refractivity contribution < 1.29 is 35.3 Å². The lowest BCUT2D eigenvalue weighted by molar-refractivity contribution is -0.127. The zero-order valence-electron chi connectivity index (χ0n) is 14.6. The average molecular weight is 426 g/mol. The largest absolute Gasteiger partial charge is 0.418 e. The third-order valence-electron chi connectivity index (χ3n) is 5.07. The van der Waals surface area contributed by atoms with Gasteiger partial charge in [-0.15, -0.1) is 4.28 Å². The number of rotatable bonds is 5. The van der Waals surface area contributed by atoms with E-state index in [0.717, 1.165) is 6.26 Å². The van der Waals surface area contributed by atoms with Crippen molar-refractivity contribution in [1.82, 2.24) is 19.6 Å². The van der Waals surface area contributed by atoms with E-state index in [9.17, 15) is 26.4 Å². The molecule has 3 rings (SSSR count). The van der Waals surface area contributed by atoms with E-state index in [0.29, 0.717) is 43.8 Å². The second kappa shape index (κ2) is 7.16. The maximum atomic E-state index is 12.6. The summed E-state index contributed by atoms with van der Waals surface area (Å²) in [6.45, 7) is 0.753. The summed E-state index contributed by atoms with van der Waals surface area (Å²) in [5, 5.41) is 3.44. The topological polar surface area (TPSA) is 154 Å². The quantitative estimate of drug-likeness (QED) is 0.505. The first-order valence-corrected chi connectivity index (χ1v) is 11.7. The minimum Gasteiger partial charge on any atom is -0.351 e. The molecule has 3 saturated heterocycles. The number of hydrogen-bond donors (Lipinski definition) is 2. The second-order valence-corrected chi connectivity index (χ2v) is 9.94. The molecule has 0 unspecified atom stereocenters. The van der Waals surface area contributed by atoms with Crippen LogP contribution in [0.4, 0.5) is 4.79 Å². The molecular formula is C13H22N4O8S2. The Bertz CT molecular complexity index is 821. The first-order chi connectivity index (χ1) is 12.5. The monoisotopic (exact) mass is 426 g/mol. The molecular weight excluding hydrogens is 404 g/mol. The number of nitrogens with one attached hydrogen (secondary N) is 1. The summed E-state index contributed by atoms with van der Waals surface area (Å²) in [6.07, 6.45) is 2.77. The maximum absolute atomic E-state index is 12.6. The molecule has 3 amide bonds. The number of fused-ring (bicyclic) bond motifs is 2. The Morgan fingerprint density at radius 2 is 1.78 bits per heavy atom. The lowest BCUT2D eigenvalue weighted by Gasteiger charge is -2.34. The molecule has 0 radical (unpaired) electrons. The van der Waals surface area contributed by atoms with Crippen molar-refractivity contribution in [1.29, 1.82) is 0 Å². The minimum absolute atomic E-state index is 0.124. The van der Waals surface area contributed by atoms with Crippen LogP contribution in [0.5, 0.6) is 0 Å². The minimum atomic E-state index is -4.83. The smallest absolute Gasteiger partial charge is 0.351 e. The van der Waals surface area contributed by atoms with E-state index in [2.05, 4.69) is 9.60 Å². The molecule has 0 aromatic rings. The summed E-state index contributed by atoms with van der Waals surface area (Å²) < 4.78 is 59.3. The molecule has 0 aliphatic carbocycles. The third-order valence-corrected chi connectivity index (χ3v) is 6.72. The summed E-state index contributed by atoms with van der Waals surface area (Å²) in [5.74, 6) is -0.367. The van der Waals surface area contributed by atoms with Crippen molar-refractivity contribution in [3.05, 3.63) is 0 Å². The number of hydrogen-bond acceptors (Lipinski definition) is 7. The van der Waals surface area contributed by atoms with Gasteiger partial charge in [0, 0.05) is 25.7 Å². The summed E-state index contributed by atoms with van der Waals surface area (Å²) in [6, 6.07) is -2.31. The van der Waals surface area contributed by atoms with Crippen molar-refractivity contribution in [2.45, 2.75) is 43.8 Å². The SMILES string of the molecule is CS(=O)(=O)N1CCC(NC(=O)[C@@H]2CC[C@@H]3CN2C(=O)N3OS(=O)(=O)O)CC1. The van der Waals surface area contributed by atoms with E-state index in [1.807, 2.05) is 0 Å². The molecule has 12 nitrogen and oxygen atoms in total. The molecule has 3 fully saturated rings. The molecule has 0 aromatic carbocycles. The first-order valence-electron chi connectivity index (χ1n) is 8.48. The standard InChI is InChI=1S/C13H22N4O8S2/c1-26(20,21)15-6-4-9(5-7-15)14-12(18)11-3-2-10-8-16(11)13(19)17(10)25-27(22,23)24/h9-11H,2-8H2,1H3,(H,14,18)(H,22,23,24)/t10-,11+/m1/s1. The van der Waals surface area contributed by atoms with Gasteiger partial charge in [0.1, 0.15) is 6.04 Å². The van der Waals surface area contributed by atoms with E-state index in [-0.39, 0.29) is 18.5 Å². The zero-order chi connectivity index (χ0) is 20.0. The number of sulfonamides is 1. The predicted octanol–water partition coefficient (Wildman–Crippen LogP) is -1.47. The summed E-state index contributed by atoms with van der Waals surface area (Å²) in [7, 11) is -8.09. The van der Waals surface area contributed by atoms with Gasteiger partial charge in [-0.25, -0.2) is 17.5 Å². The van der Waals surface area contributed by atoms with E-state index in [1.165, 1.54) is 9.21 Å². The lowest BCUT2D eigenvalue weighted by Crippen LogP contribution is -2.54. The Kier molecular flexibility index (Phi) is 5.37. The third kappa shape index (κ3) is 4.51. The van der Waals surface area contributed by atoms with Crippen LogP contribution in [0.15, 0.2) is 0 Å². The molecule has 0 spiro atoms. The van der Waals surface area contributed by atoms with Crippen molar-refractivity contribution in [2.24, 2.45) is 0 Å². The van der Waals surface area contributed by atoms with Crippen LogP contribution >= 0.6 is 0 Å². The van der Waals surface area contributed by atoms with Gasteiger partial charge < -0.3 is 10.2 Å². The molecule has 0 saturated carbocycles. The van der Waals surface area contributed by atoms with Gasteiger partial charge in [0.25, 0.3) is 0 Å². The van der Waals surface area contributed by atoms with Gasteiger partial charge in [-0.3, -0.25) is 9.35 Å². The van der Waals surface area contributed by atoms with Crippen LogP contribution in [-0.4, -0.2) is 91.6 Å². The molecule has 2 atom stereocenters. The molecule has 27 heavy (non-hydrogen) atoms.